The number of carbonyl (C=O) groups excluding carboxylic acids is 2. The minimum Gasteiger partial charge on any atom is -0.492 e. The van der Waals surface area contributed by atoms with Gasteiger partial charge in [-0.2, -0.15) is 0 Å². The molecular weight excluding hydrogens is 398 g/mol. The monoisotopic (exact) mass is 421 g/mol. The van der Waals surface area contributed by atoms with Crippen LogP contribution >= 0.6 is 11.6 Å². The molecule has 2 aromatic carbocycles. The highest BCUT2D eigenvalue weighted by Gasteiger charge is 2.08. The Kier molecular flexibility index (Phi) is 8.72. The summed E-state index contributed by atoms with van der Waals surface area (Å²) >= 11 is 6.08. The largest absolute Gasteiger partial charge is 0.492 e. The van der Waals surface area contributed by atoms with Crippen LogP contribution in [0.3, 0.4) is 0 Å². The number of ether oxygens (including phenoxy) is 2. The lowest BCUT2D eigenvalue weighted by Crippen LogP contribution is -2.33. The fourth-order valence-electron chi connectivity index (χ4n) is 2.35. The molecule has 0 aliphatic heterocycles. The predicted molar refractivity (Wildman–Crippen MR) is 111 cm³/mol. The molecule has 156 valence electrons. The van der Waals surface area contributed by atoms with Crippen LogP contribution in [0.1, 0.15) is 17.3 Å². The molecule has 9 heteroatoms. The van der Waals surface area contributed by atoms with Crippen molar-refractivity contribution in [3.63, 3.8) is 0 Å². The topological polar surface area (TPSA) is 123 Å². The van der Waals surface area contributed by atoms with Crippen molar-refractivity contribution in [2.45, 2.75) is 13.0 Å². The highest BCUT2D eigenvalue weighted by molar-refractivity contribution is 6.33. The van der Waals surface area contributed by atoms with E-state index in [2.05, 4.69) is 10.6 Å². The van der Waals surface area contributed by atoms with Crippen molar-refractivity contribution in [1.29, 1.82) is 0 Å². The van der Waals surface area contributed by atoms with Crippen molar-refractivity contribution < 1.29 is 24.2 Å². The third-order valence-electron chi connectivity index (χ3n) is 3.76. The van der Waals surface area contributed by atoms with Crippen LogP contribution in [0.2, 0.25) is 5.02 Å². The number of rotatable bonds is 11. The van der Waals surface area contributed by atoms with Crippen LogP contribution in [-0.2, 0) is 4.79 Å². The first-order chi connectivity index (χ1) is 13.8. The van der Waals surface area contributed by atoms with E-state index in [1.807, 2.05) is 0 Å². The Hall–Kier alpha value is -2.81. The number of nitrogens with two attached hydrogens (primary N) is 1. The van der Waals surface area contributed by atoms with Gasteiger partial charge in [0.25, 0.3) is 0 Å². The van der Waals surface area contributed by atoms with E-state index in [0.29, 0.717) is 47.5 Å². The number of amides is 2. The molecule has 2 aromatic rings. The summed E-state index contributed by atoms with van der Waals surface area (Å²) in [5, 5.41) is 16.0. The zero-order valence-electron chi connectivity index (χ0n) is 16.0. The van der Waals surface area contributed by atoms with E-state index in [4.69, 9.17) is 26.8 Å². The Balaban J connectivity index is 1.63. The molecule has 29 heavy (non-hydrogen) atoms. The normalized spacial score (nSPS) is 11.6. The fraction of sp³-hybridized carbons (Fsp3) is 0.300. The molecule has 5 N–H and O–H groups in total. The second kappa shape index (κ2) is 11.3. The average Bonchev–Trinajstić information content (AvgIpc) is 2.68. The van der Waals surface area contributed by atoms with Gasteiger partial charge < -0.3 is 30.9 Å². The molecule has 1 unspecified atom stereocenters. The van der Waals surface area contributed by atoms with Crippen molar-refractivity contribution in [2.24, 2.45) is 5.73 Å². The average molecular weight is 422 g/mol. The summed E-state index contributed by atoms with van der Waals surface area (Å²) in [6, 6.07) is 11.4. The van der Waals surface area contributed by atoms with Gasteiger partial charge in [0.15, 0.2) is 0 Å². The maximum atomic E-state index is 11.1. The Morgan fingerprint density at radius 1 is 1.14 bits per heavy atom. The minimum atomic E-state index is -0.723. The molecule has 0 fully saturated rings. The fourth-order valence-corrected chi connectivity index (χ4v) is 2.57. The zero-order valence-corrected chi connectivity index (χ0v) is 16.7. The number of aliphatic hydroxyl groups is 1. The van der Waals surface area contributed by atoms with Crippen LogP contribution in [0.25, 0.3) is 0 Å². The minimum absolute atomic E-state index is 0.0816. The van der Waals surface area contributed by atoms with E-state index in [1.165, 1.54) is 6.92 Å². The molecule has 0 saturated carbocycles. The second-order valence-electron chi connectivity index (χ2n) is 6.23. The van der Waals surface area contributed by atoms with Crippen molar-refractivity contribution in [2.75, 3.05) is 31.6 Å². The predicted octanol–water partition coefficient (Wildman–Crippen LogP) is 1.81. The molecule has 2 amide bonds. The van der Waals surface area contributed by atoms with Crippen LogP contribution in [0.4, 0.5) is 5.69 Å². The quantitative estimate of drug-likeness (QED) is 0.410. The van der Waals surface area contributed by atoms with Crippen molar-refractivity contribution in [1.82, 2.24) is 5.32 Å². The lowest BCUT2D eigenvalue weighted by Gasteiger charge is -2.14. The smallest absolute Gasteiger partial charge is 0.248 e. The third-order valence-corrected chi connectivity index (χ3v) is 4.07. The maximum Gasteiger partial charge on any atom is 0.248 e. The number of hydrogen-bond donors (Lipinski definition) is 4. The summed E-state index contributed by atoms with van der Waals surface area (Å²) in [5.74, 6) is 0.417. The van der Waals surface area contributed by atoms with Gasteiger partial charge in [-0.15, -0.1) is 0 Å². The third kappa shape index (κ3) is 7.98. The van der Waals surface area contributed by atoms with Gasteiger partial charge in [-0.25, -0.2) is 0 Å². The summed E-state index contributed by atoms with van der Waals surface area (Å²) in [5.41, 5.74) is 6.10. The number of anilines is 1. The molecule has 0 heterocycles. The van der Waals surface area contributed by atoms with Crippen LogP contribution in [0, 0.1) is 0 Å². The summed E-state index contributed by atoms with van der Waals surface area (Å²) in [6.45, 7) is 2.71. The Morgan fingerprint density at radius 3 is 2.45 bits per heavy atom. The number of halogens is 1. The van der Waals surface area contributed by atoms with Crippen molar-refractivity contribution >= 4 is 29.1 Å². The molecule has 0 aliphatic rings. The number of carbonyl (C=O) groups is 2. The van der Waals surface area contributed by atoms with Gasteiger partial charge in [-0.3, -0.25) is 9.59 Å². The molecule has 8 nitrogen and oxygen atoms in total. The molecule has 2 rings (SSSR count). The van der Waals surface area contributed by atoms with E-state index in [-0.39, 0.29) is 12.5 Å². The van der Waals surface area contributed by atoms with Gasteiger partial charge in [0.2, 0.25) is 11.8 Å². The first-order valence-electron chi connectivity index (χ1n) is 8.96. The molecule has 0 aromatic heterocycles. The van der Waals surface area contributed by atoms with Crippen molar-refractivity contribution in [3.05, 3.63) is 53.1 Å². The van der Waals surface area contributed by atoms with E-state index in [9.17, 15) is 14.7 Å². The Morgan fingerprint density at radius 2 is 1.83 bits per heavy atom. The molecule has 0 radical (unpaired) electrons. The summed E-state index contributed by atoms with van der Waals surface area (Å²) in [7, 11) is 0. The lowest BCUT2D eigenvalue weighted by molar-refractivity contribution is -0.114. The summed E-state index contributed by atoms with van der Waals surface area (Å²) in [6.07, 6.45) is -0.723. The van der Waals surface area contributed by atoms with E-state index >= 15 is 0 Å². The number of primary amides is 1. The first-order valence-corrected chi connectivity index (χ1v) is 9.34. The van der Waals surface area contributed by atoms with Crippen LogP contribution in [0.15, 0.2) is 42.5 Å². The van der Waals surface area contributed by atoms with Gasteiger partial charge in [0.1, 0.15) is 30.8 Å². The number of benzene rings is 2. The highest BCUT2D eigenvalue weighted by Crippen LogP contribution is 2.26. The second-order valence-corrected chi connectivity index (χ2v) is 6.64. The summed E-state index contributed by atoms with van der Waals surface area (Å²) < 4.78 is 11.0. The first kappa shape index (κ1) is 22.5. The standard InChI is InChI=1S/C20H24ClN3O5/c1-13(25)24-19-7-6-17(10-18(19)21)29-12-15(26)11-23-8-9-28-16-4-2-14(3-5-16)20(22)27/h2-7,10,15,23,26H,8-9,11-12H2,1H3,(H2,22,27)(H,24,25). The number of aliphatic hydroxyl groups excluding tert-OH is 1. The van der Waals surface area contributed by atoms with E-state index in [0.717, 1.165) is 0 Å². The maximum absolute atomic E-state index is 11.1. The lowest BCUT2D eigenvalue weighted by atomic mass is 10.2. The van der Waals surface area contributed by atoms with Crippen LogP contribution < -0.4 is 25.8 Å². The molecule has 0 aliphatic carbocycles. The van der Waals surface area contributed by atoms with Gasteiger partial charge in [0.05, 0.1) is 10.7 Å². The Bertz CT molecular complexity index is 829. The molecular formula is C20H24ClN3O5. The SMILES string of the molecule is CC(=O)Nc1ccc(OCC(O)CNCCOc2ccc(C(N)=O)cc2)cc1Cl. The van der Waals surface area contributed by atoms with Gasteiger partial charge in [-0.1, -0.05) is 11.6 Å². The van der Waals surface area contributed by atoms with E-state index < -0.39 is 12.0 Å². The number of nitrogens with one attached hydrogen (secondary N) is 2. The van der Waals surface area contributed by atoms with Gasteiger partial charge >= 0.3 is 0 Å². The van der Waals surface area contributed by atoms with Crippen LogP contribution in [0.5, 0.6) is 11.5 Å². The van der Waals surface area contributed by atoms with Gasteiger partial charge in [-0.05, 0) is 36.4 Å². The Labute approximate surface area is 173 Å². The zero-order chi connectivity index (χ0) is 21.2. The van der Waals surface area contributed by atoms with Crippen LogP contribution in [-0.4, -0.2) is 49.3 Å². The number of hydrogen-bond acceptors (Lipinski definition) is 6. The summed E-state index contributed by atoms with van der Waals surface area (Å²) in [4.78, 5) is 22.1. The highest BCUT2D eigenvalue weighted by atomic mass is 35.5. The molecule has 0 spiro atoms. The molecule has 0 saturated heterocycles. The molecule has 1 atom stereocenters. The van der Waals surface area contributed by atoms with E-state index in [1.54, 1.807) is 42.5 Å². The van der Waals surface area contributed by atoms with Crippen molar-refractivity contribution in [3.8, 4) is 11.5 Å². The van der Waals surface area contributed by atoms with Gasteiger partial charge in [0, 0.05) is 31.6 Å². The molecule has 0 bridgehead atoms.